The Balaban J connectivity index is 1.56. The van der Waals surface area contributed by atoms with Crippen molar-refractivity contribution in [2.75, 3.05) is 20.3 Å². The summed E-state index contributed by atoms with van der Waals surface area (Å²) in [7, 11) is 1.56. The highest BCUT2D eigenvalue weighted by atomic mass is 35.5. The van der Waals surface area contributed by atoms with Crippen molar-refractivity contribution in [1.82, 2.24) is 9.88 Å². The molecule has 1 amide bonds. The number of carbonyl (C=O) groups is 1. The second-order valence-corrected chi connectivity index (χ2v) is 8.64. The van der Waals surface area contributed by atoms with E-state index >= 15 is 0 Å². The quantitative estimate of drug-likeness (QED) is 0.352. The van der Waals surface area contributed by atoms with Crippen LogP contribution in [0.4, 0.5) is 13.2 Å². The lowest BCUT2D eigenvalue weighted by atomic mass is 9.91. The second kappa shape index (κ2) is 9.19. The fourth-order valence-corrected chi connectivity index (χ4v) is 4.62. The number of amides is 1. The average molecular weight is 501 g/mol. The summed E-state index contributed by atoms with van der Waals surface area (Å²) < 4.78 is 53.9. The first-order valence-electron chi connectivity index (χ1n) is 10.9. The molecule has 3 aromatic carbocycles. The third-order valence-electron chi connectivity index (χ3n) is 6.16. The van der Waals surface area contributed by atoms with Gasteiger partial charge in [0.1, 0.15) is 23.4 Å². The highest BCUT2D eigenvalue weighted by molar-refractivity contribution is 6.30. The smallest absolute Gasteiger partial charge is 0.261 e. The van der Waals surface area contributed by atoms with Gasteiger partial charge in [0.25, 0.3) is 5.91 Å². The number of carbonyl (C=O) groups excluding carboxylic acids is 1. The molecule has 0 radical (unpaired) electrons. The van der Waals surface area contributed by atoms with Crippen LogP contribution in [0.1, 0.15) is 22.9 Å². The minimum atomic E-state index is -1.30. The molecule has 5 nitrogen and oxygen atoms in total. The molecule has 0 bridgehead atoms. The van der Waals surface area contributed by atoms with Crippen LogP contribution in [0, 0.1) is 17.5 Å². The topological polar surface area (TPSA) is 54.6 Å². The van der Waals surface area contributed by atoms with E-state index in [0.29, 0.717) is 34.7 Å². The van der Waals surface area contributed by atoms with Crippen molar-refractivity contribution in [2.45, 2.75) is 12.5 Å². The molecular weight excluding hydrogens is 481 g/mol. The number of aromatic amines is 1. The zero-order valence-electron chi connectivity index (χ0n) is 18.6. The maximum Gasteiger partial charge on any atom is 0.261 e. The molecular formula is C26H20ClF3N2O3. The van der Waals surface area contributed by atoms with Gasteiger partial charge in [0.2, 0.25) is 0 Å². The number of methoxy groups -OCH3 is 1. The van der Waals surface area contributed by atoms with Crippen LogP contribution in [0.5, 0.6) is 11.5 Å². The standard InChI is InChI=1S/C26H20ClF3N2O3/c1-34-16-6-7-23-18(10-16)17-8-9-32(24(33)13-35-15-4-2-14(27)3-5-15)26(25(17)31-23)19-11-21(29)22(30)12-20(19)28/h2-7,10-12,26,31H,8-9,13H2,1H3. The summed E-state index contributed by atoms with van der Waals surface area (Å²) in [4.78, 5) is 17.9. The Morgan fingerprint density at radius 2 is 1.74 bits per heavy atom. The van der Waals surface area contributed by atoms with Crippen molar-refractivity contribution in [3.63, 3.8) is 0 Å². The molecule has 5 rings (SSSR count). The Kier molecular flexibility index (Phi) is 6.06. The molecule has 1 aliphatic rings. The number of ether oxygens (including phenoxy) is 2. The normalized spacial score (nSPS) is 15.2. The van der Waals surface area contributed by atoms with Gasteiger partial charge in [-0.3, -0.25) is 4.79 Å². The van der Waals surface area contributed by atoms with Crippen LogP contribution < -0.4 is 9.47 Å². The number of H-pyrrole nitrogens is 1. The van der Waals surface area contributed by atoms with Gasteiger partial charge in [0.15, 0.2) is 18.2 Å². The molecule has 1 atom stereocenters. The summed E-state index contributed by atoms with van der Waals surface area (Å²) in [6.45, 7) is -0.101. The molecule has 0 saturated carbocycles. The van der Waals surface area contributed by atoms with Gasteiger partial charge in [-0.15, -0.1) is 0 Å². The molecule has 1 aromatic heterocycles. The molecule has 0 aliphatic carbocycles. The molecule has 1 unspecified atom stereocenters. The van der Waals surface area contributed by atoms with E-state index in [2.05, 4.69) is 4.98 Å². The summed E-state index contributed by atoms with van der Waals surface area (Å²) >= 11 is 5.89. The summed E-state index contributed by atoms with van der Waals surface area (Å²) in [5.41, 5.74) is 2.00. The van der Waals surface area contributed by atoms with Gasteiger partial charge in [-0.05, 0) is 60.5 Å². The van der Waals surface area contributed by atoms with Crippen LogP contribution in [0.2, 0.25) is 5.02 Å². The lowest BCUT2D eigenvalue weighted by Crippen LogP contribution is -2.43. The summed E-state index contributed by atoms with van der Waals surface area (Å²) in [5.74, 6) is -2.80. The van der Waals surface area contributed by atoms with Crippen molar-refractivity contribution in [3.05, 3.63) is 93.9 Å². The highest BCUT2D eigenvalue weighted by Gasteiger charge is 2.37. The predicted molar refractivity (Wildman–Crippen MR) is 125 cm³/mol. The Morgan fingerprint density at radius 1 is 1.03 bits per heavy atom. The largest absolute Gasteiger partial charge is 0.497 e. The predicted octanol–water partition coefficient (Wildman–Crippen LogP) is 5.80. The van der Waals surface area contributed by atoms with Crippen molar-refractivity contribution in [3.8, 4) is 11.5 Å². The zero-order valence-corrected chi connectivity index (χ0v) is 19.3. The summed E-state index contributed by atoms with van der Waals surface area (Å²) in [5, 5.41) is 1.38. The number of rotatable bonds is 5. The third kappa shape index (κ3) is 4.30. The van der Waals surface area contributed by atoms with Crippen molar-refractivity contribution in [1.29, 1.82) is 0 Å². The molecule has 180 valence electrons. The third-order valence-corrected chi connectivity index (χ3v) is 6.42. The van der Waals surface area contributed by atoms with Crippen LogP contribution >= 0.6 is 11.6 Å². The summed E-state index contributed by atoms with van der Waals surface area (Å²) in [6.07, 6.45) is 0.469. The van der Waals surface area contributed by atoms with Crippen LogP contribution in [-0.4, -0.2) is 36.1 Å². The molecule has 0 spiro atoms. The van der Waals surface area contributed by atoms with Gasteiger partial charge >= 0.3 is 0 Å². The first kappa shape index (κ1) is 23.1. The number of hydrogen-bond donors (Lipinski definition) is 1. The molecule has 1 N–H and O–H groups in total. The van der Waals surface area contributed by atoms with Gasteiger partial charge in [-0.2, -0.15) is 0 Å². The van der Waals surface area contributed by atoms with Crippen molar-refractivity contribution >= 4 is 28.4 Å². The number of halogens is 4. The van der Waals surface area contributed by atoms with E-state index in [1.165, 1.54) is 4.90 Å². The lowest BCUT2D eigenvalue weighted by molar-refractivity contribution is -0.135. The Hall–Kier alpha value is -3.65. The summed E-state index contributed by atoms with van der Waals surface area (Å²) in [6, 6.07) is 12.3. The number of benzene rings is 3. The van der Waals surface area contributed by atoms with Crippen molar-refractivity contribution < 1.29 is 27.4 Å². The Labute approximate surface area is 204 Å². The van der Waals surface area contributed by atoms with Gasteiger partial charge in [-0.1, -0.05) is 11.6 Å². The van der Waals surface area contributed by atoms with E-state index in [0.717, 1.165) is 22.5 Å². The fraction of sp³-hybridized carbons (Fsp3) is 0.192. The van der Waals surface area contributed by atoms with Crippen LogP contribution in [0.25, 0.3) is 10.9 Å². The van der Waals surface area contributed by atoms with Gasteiger partial charge in [-0.25, -0.2) is 13.2 Å². The number of fused-ring (bicyclic) bond motifs is 3. The highest BCUT2D eigenvalue weighted by Crippen LogP contribution is 2.40. The first-order valence-corrected chi connectivity index (χ1v) is 11.2. The number of aromatic nitrogens is 1. The second-order valence-electron chi connectivity index (χ2n) is 8.20. The monoisotopic (exact) mass is 500 g/mol. The fourth-order valence-electron chi connectivity index (χ4n) is 4.49. The molecule has 0 saturated heterocycles. The average Bonchev–Trinajstić information content (AvgIpc) is 3.23. The number of nitrogens with one attached hydrogen (secondary N) is 1. The van der Waals surface area contributed by atoms with E-state index in [1.54, 1.807) is 37.4 Å². The van der Waals surface area contributed by atoms with Crippen LogP contribution in [0.15, 0.2) is 54.6 Å². The molecule has 4 aromatic rings. The zero-order chi connectivity index (χ0) is 24.7. The Bertz CT molecular complexity index is 1420. The van der Waals surface area contributed by atoms with E-state index in [4.69, 9.17) is 21.1 Å². The SMILES string of the molecule is COc1ccc2[nH]c3c(c2c1)CCN(C(=O)COc1ccc(Cl)cc1)C3c1cc(F)c(F)cc1F. The maximum absolute atomic E-state index is 15.0. The van der Waals surface area contributed by atoms with Crippen molar-refractivity contribution in [2.24, 2.45) is 0 Å². The van der Waals surface area contributed by atoms with Gasteiger partial charge < -0.3 is 19.4 Å². The number of nitrogens with zero attached hydrogens (tertiary/aromatic N) is 1. The number of hydrogen-bond acceptors (Lipinski definition) is 3. The molecule has 2 heterocycles. The van der Waals surface area contributed by atoms with E-state index in [9.17, 15) is 18.0 Å². The lowest BCUT2D eigenvalue weighted by Gasteiger charge is -2.36. The molecule has 0 fully saturated rings. The van der Waals surface area contributed by atoms with E-state index < -0.39 is 29.4 Å². The Morgan fingerprint density at radius 3 is 2.49 bits per heavy atom. The molecule has 1 aliphatic heterocycles. The van der Waals surface area contributed by atoms with Crippen LogP contribution in [-0.2, 0) is 11.2 Å². The molecule has 35 heavy (non-hydrogen) atoms. The minimum Gasteiger partial charge on any atom is -0.497 e. The van der Waals surface area contributed by atoms with E-state index in [1.807, 2.05) is 12.1 Å². The van der Waals surface area contributed by atoms with E-state index in [-0.39, 0.29) is 18.7 Å². The van der Waals surface area contributed by atoms with Crippen LogP contribution in [0.3, 0.4) is 0 Å². The molecule has 9 heteroatoms. The first-order chi connectivity index (χ1) is 16.9. The maximum atomic E-state index is 15.0. The minimum absolute atomic E-state index is 0.150. The van der Waals surface area contributed by atoms with Gasteiger partial charge in [0, 0.05) is 39.8 Å². The van der Waals surface area contributed by atoms with Gasteiger partial charge in [0.05, 0.1) is 7.11 Å².